The summed E-state index contributed by atoms with van der Waals surface area (Å²) in [6.07, 6.45) is 1.37. The standard InChI is InChI=1S/C26H36FN3O4S/c1-19(2)17-28-26(32)21(4)29(18-22-10-8-20(3)9-11-22)25(31)7-6-16-30(35(5,33)34)24-14-12-23(27)13-15-24/h8-15,19,21H,6-7,16-18H2,1-5H3,(H,28,32). The number of hydrogen-bond acceptors (Lipinski definition) is 4. The number of carbonyl (C=O) groups excluding carboxylic acids is 2. The zero-order chi connectivity index (χ0) is 26.2. The number of rotatable bonds is 12. The lowest BCUT2D eigenvalue weighted by Gasteiger charge is -2.29. The summed E-state index contributed by atoms with van der Waals surface area (Å²) in [4.78, 5) is 27.5. The van der Waals surface area contributed by atoms with Crippen molar-refractivity contribution in [2.45, 2.75) is 53.1 Å². The third-order valence-electron chi connectivity index (χ3n) is 5.59. The molecule has 0 spiro atoms. The van der Waals surface area contributed by atoms with Gasteiger partial charge in [-0.05, 0) is 56.0 Å². The van der Waals surface area contributed by atoms with Crippen LogP contribution in [0, 0.1) is 18.7 Å². The van der Waals surface area contributed by atoms with Crippen LogP contribution < -0.4 is 9.62 Å². The maximum atomic E-state index is 13.3. The fraction of sp³-hybridized carbons (Fsp3) is 0.462. The lowest BCUT2D eigenvalue weighted by Crippen LogP contribution is -2.48. The van der Waals surface area contributed by atoms with E-state index in [1.165, 1.54) is 29.2 Å². The van der Waals surface area contributed by atoms with Crippen LogP contribution in [0.3, 0.4) is 0 Å². The summed E-state index contributed by atoms with van der Waals surface area (Å²) in [7, 11) is -3.63. The van der Waals surface area contributed by atoms with Crippen molar-refractivity contribution >= 4 is 27.5 Å². The normalized spacial score (nSPS) is 12.3. The van der Waals surface area contributed by atoms with E-state index >= 15 is 0 Å². The number of nitrogens with zero attached hydrogens (tertiary/aromatic N) is 2. The predicted octanol–water partition coefficient (Wildman–Crippen LogP) is 3.87. The van der Waals surface area contributed by atoms with Gasteiger partial charge < -0.3 is 10.2 Å². The van der Waals surface area contributed by atoms with Crippen LogP contribution in [-0.2, 0) is 26.2 Å². The van der Waals surface area contributed by atoms with Gasteiger partial charge in [-0.1, -0.05) is 43.7 Å². The molecule has 7 nitrogen and oxygen atoms in total. The van der Waals surface area contributed by atoms with Crippen molar-refractivity contribution < 1.29 is 22.4 Å². The number of carbonyl (C=O) groups is 2. The lowest BCUT2D eigenvalue weighted by atomic mass is 10.1. The molecule has 192 valence electrons. The van der Waals surface area contributed by atoms with Gasteiger partial charge >= 0.3 is 0 Å². The van der Waals surface area contributed by atoms with Crippen molar-refractivity contribution in [1.29, 1.82) is 0 Å². The van der Waals surface area contributed by atoms with Crippen molar-refractivity contribution in [1.82, 2.24) is 10.2 Å². The van der Waals surface area contributed by atoms with Crippen LogP contribution in [0.5, 0.6) is 0 Å². The van der Waals surface area contributed by atoms with Crippen molar-refractivity contribution in [2.75, 3.05) is 23.7 Å². The average molecular weight is 506 g/mol. The quantitative estimate of drug-likeness (QED) is 0.475. The number of anilines is 1. The Hall–Kier alpha value is -2.94. The number of aryl methyl sites for hydroxylation is 1. The fourth-order valence-corrected chi connectivity index (χ4v) is 4.50. The summed E-state index contributed by atoms with van der Waals surface area (Å²) in [5.41, 5.74) is 2.33. The molecule has 0 radical (unpaired) electrons. The molecule has 2 rings (SSSR count). The summed E-state index contributed by atoms with van der Waals surface area (Å²) in [6, 6.07) is 12.2. The molecule has 0 aliphatic rings. The van der Waals surface area contributed by atoms with E-state index in [1.54, 1.807) is 6.92 Å². The van der Waals surface area contributed by atoms with Crippen LogP contribution >= 0.6 is 0 Å². The van der Waals surface area contributed by atoms with E-state index in [0.29, 0.717) is 12.2 Å². The molecule has 0 fully saturated rings. The molecule has 2 amide bonds. The van der Waals surface area contributed by atoms with E-state index in [4.69, 9.17) is 0 Å². The number of halogens is 1. The highest BCUT2D eigenvalue weighted by Gasteiger charge is 2.26. The Morgan fingerprint density at radius 1 is 1.00 bits per heavy atom. The van der Waals surface area contributed by atoms with Gasteiger partial charge in [-0.3, -0.25) is 13.9 Å². The van der Waals surface area contributed by atoms with E-state index in [-0.39, 0.29) is 43.7 Å². The first-order valence-electron chi connectivity index (χ1n) is 11.7. The molecule has 2 aromatic rings. The van der Waals surface area contributed by atoms with Gasteiger partial charge in [-0.2, -0.15) is 0 Å². The predicted molar refractivity (Wildman–Crippen MR) is 137 cm³/mol. The molecule has 0 aliphatic heterocycles. The van der Waals surface area contributed by atoms with Gasteiger partial charge in [-0.15, -0.1) is 0 Å². The monoisotopic (exact) mass is 505 g/mol. The van der Waals surface area contributed by atoms with Gasteiger partial charge in [-0.25, -0.2) is 12.8 Å². The van der Waals surface area contributed by atoms with Crippen molar-refractivity contribution in [3.63, 3.8) is 0 Å². The third kappa shape index (κ3) is 8.98. The molecule has 1 N–H and O–H groups in total. The van der Waals surface area contributed by atoms with E-state index in [9.17, 15) is 22.4 Å². The van der Waals surface area contributed by atoms with Gasteiger partial charge in [0, 0.05) is 26.1 Å². The zero-order valence-electron chi connectivity index (χ0n) is 21.1. The summed E-state index contributed by atoms with van der Waals surface area (Å²) in [6.45, 7) is 8.50. The van der Waals surface area contributed by atoms with Gasteiger partial charge in [0.25, 0.3) is 0 Å². The Labute approximate surface area is 208 Å². The van der Waals surface area contributed by atoms with Crippen molar-refractivity contribution in [2.24, 2.45) is 5.92 Å². The molecule has 0 heterocycles. The Morgan fingerprint density at radius 3 is 2.14 bits per heavy atom. The highest BCUT2D eigenvalue weighted by molar-refractivity contribution is 7.92. The molecule has 1 atom stereocenters. The molecule has 0 saturated heterocycles. The van der Waals surface area contributed by atoms with Crippen LogP contribution in [-0.4, -0.2) is 50.5 Å². The Balaban J connectivity index is 2.14. The molecule has 0 saturated carbocycles. The number of nitrogens with one attached hydrogen (secondary N) is 1. The number of hydrogen-bond donors (Lipinski definition) is 1. The minimum absolute atomic E-state index is 0.0564. The molecule has 0 aromatic heterocycles. The largest absolute Gasteiger partial charge is 0.354 e. The van der Waals surface area contributed by atoms with Crippen molar-refractivity contribution in [3.05, 3.63) is 65.5 Å². The van der Waals surface area contributed by atoms with E-state index < -0.39 is 21.9 Å². The Kier molecular flexibility index (Phi) is 10.2. The first-order valence-corrected chi connectivity index (χ1v) is 13.6. The van der Waals surface area contributed by atoms with E-state index in [2.05, 4.69) is 5.32 Å². The second-order valence-electron chi connectivity index (χ2n) is 9.24. The Bertz CT molecular complexity index is 1090. The van der Waals surface area contributed by atoms with Crippen LogP contribution in [0.1, 0.15) is 44.7 Å². The molecule has 1 unspecified atom stereocenters. The molecular weight excluding hydrogens is 469 g/mol. The number of benzene rings is 2. The molecule has 9 heteroatoms. The van der Waals surface area contributed by atoms with Gasteiger partial charge in [0.05, 0.1) is 11.9 Å². The van der Waals surface area contributed by atoms with Crippen LogP contribution in [0.15, 0.2) is 48.5 Å². The minimum Gasteiger partial charge on any atom is -0.354 e. The average Bonchev–Trinajstić information content (AvgIpc) is 2.79. The third-order valence-corrected chi connectivity index (χ3v) is 6.79. The zero-order valence-corrected chi connectivity index (χ0v) is 21.9. The first-order chi connectivity index (χ1) is 16.4. The first kappa shape index (κ1) is 28.3. The second kappa shape index (κ2) is 12.7. The molecule has 35 heavy (non-hydrogen) atoms. The number of amides is 2. The van der Waals surface area contributed by atoms with Crippen molar-refractivity contribution in [3.8, 4) is 0 Å². The van der Waals surface area contributed by atoms with Gasteiger partial charge in [0.15, 0.2) is 0 Å². The summed E-state index contributed by atoms with van der Waals surface area (Å²) >= 11 is 0. The van der Waals surface area contributed by atoms with Crippen LogP contribution in [0.2, 0.25) is 0 Å². The highest BCUT2D eigenvalue weighted by Crippen LogP contribution is 2.19. The van der Waals surface area contributed by atoms with Crippen LogP contribution in [0.25, 0.3) is 0 Å². The molecule has 0 aliphatic carbocycles. The summed E-state index contributed by atoms with van der Waals surface area (Å²) in [5.74, 6) is -0.664. The molecule has 0 bridgehead atoms. The summed E-state index contributed by atoms with van der Waals surface area (Å²) in [5, 5.41) is 2.88. The molecule has 2 aromatic carbocycles. The lowest BCUT2D eigenvalue weighted by molar-refractivity contribution is -0.140. The highest BCUT2D eigenvalue weighted by atomic mass is 32.2. The maximum Gasteiger partial charge on any atom is 0.242 e. The summed E-state index contributed by atoms with van der Waals surface area (Å²) < 4.78 is 39.0. The fourth-order valence-electron chi connectivity index (χ4n) is 3.54. The minimum atomic E-state index is -3.63. The second-order valence-corrected chi connectivity index (χ2v) is 11.1. The maximum absolute atomic E-state index is 13.3. The van der Waals surface area contributed by atoms with Gasteiger partial charge in [0.1, 0.15) is 11.9 Å². The number of sulfonamides is 1. The Morgan fingerprint density at radius 2 is 1.60 bits per heavy atom. The van der Waals surface area contributed by atoms with E-state index in [0.717, 1.165) is 21.7 Å². The van der Waals surface area contributed by atoms with E-state index in [1.807, 2.05) is 45.0 Å². The van der Waals surface area contributed by atoms with Crippen LogP contribution in [0.4, 0.5) is 10.1 Å². The van der Waals surface area contributed by atoms with Gasteiger partial charge in [0.2, 0.25) is 21.8 Å². The smallest absolute Gasteiger partial charge is 0.242 e. The topological polar surface area (TPSA) is 86.8 Å². The molecular formula is C26H36FN3O4S. The SMILES string of the molecule is Cc1ccc(CN(C(=O)CCCN(c2ccc(F)cc2)S(C)(=O)=O)C(C)C(=O)NCC(C)C)cc1.